The molecule has 0 saturated carbocycles. The molecule has 3 aromatic rings. The number of nitrogens with zero attached hydrogens (tertiary/aromatic N) is 1. The molecule has 1 amide bonds. The van der Waals surface area contributed by atoms with Gasteiger partial charge in [0, 0.05) is 42.0 Å². The fourth-order valence-corrected chi connectivity index (χ4v) is 2.97. The Bertz CT molecular complexity index is 948. The molecule has 4 nitrogen and oxygen atoms in total. The third-order valence-corrected chi connectivity index (χ3v) is 4.46. The Labute approximate surface area is 151 Å². The highest BCUT2D eigenvalue weighted by Gasteiger charge is 2.12. The minimum absolute atomic E-state index is 0.0410. The predicted octanol–water partition coefficient (Wildman–Crippen LogP) is 3.77. The third-order valence-electron chi connectivity index (χ3n) is 4.21. The molecule has 25 heavy (non-hydrogen) atoms. The molecule has 1 N–H and O–H groups in total. The van der Waals surface area contributed by atoms with Gasteiger partial charge in [0.2, 0.25) is 11.5 Å². The molecule has 0 bridgehead atoms. The van der Waals surface area contributed by atoms with E-state index in [0.717, 1.165) is 22.0 Å². The van der Waals surface area contributed by atoms with E-state index in [1.165, 1.54) is 0 Å². The van der Waals surface area contributed by atoms with Gasteiger partial charge in [0.05, 0.1) is 0 Å². The van der Waals surface area contributed by atoms with Crippen molar-refractivity contribution >= 4 is 28.4 Å². The van der Waals surface area contributed by atoms with Crippen LogP contribution >= 0.6 is 11.6 Å². The largest absolute Gasteiger partial charge is 0.341 e. The zero-order chi connectivity index (χ0) is 17.8. The molecule has 1 heterocycles. The first-order valence-electron chi connectivity index (χ1n) is 8.12. The van der Waals surface area contributed by atoms with Crippen LogP contribution in [0.1, 0.15) is 17.5 Å². The first-order valence-corrected chi connectivity index (χ1v) is 8.50. The fraction of sp³-hybridized carbons (Fsp3) is 0.200. The van der Waals surface area contributed by atoms with Crippen molar-refractivity contribution in [2.45, 2.75) is 19.4 Å². The number of rotatable bonds is 5. The summed E-state index contributed by atoms with van der Waals surface area (Å²) in [5.41, 5.74) is 2.55. The number of carbonyl (C=O) groups is 1. The van der Waals surface area contributed by atoms with Crippen molar-refractivity contribution < 1.29 is 4.79 Å². The molecular weight excluding hydrogens is 336 g/mol. The van der Waals surface area contributed by atoms with Crippen LogP contribution in [-0.4, -0.2) is 22.8 Å². The quantitative estimate of drug-likeness (QED) is 0.758. The summed E-state index contributed by atoms with van der Waals surface area (Å²) in [6, 6.07) is 16.7. The zero-order valence-corrected chi connectivity index (χ0v) is 14.7. The molecule has 5 heteroatoms. The highest BCUT2D eigenvalue weighted by atomic mass is 35.5. The fourth-order valence-electron chi connectivity index (χ4n) is 2.84. The number of pyridine rings is 1. The van der Waals surface area contributed by atoms with E-state index in [2.05, 4.69) is 4.98 Å². The van der Waals surface area contributed by atoms with E-state index in [4.69, 9.17) is 11.6 Å². The summed E-state index contributed by atoms with van der Waals surface area (Å²) in [5, 5.41) is 1.65. The van der Waals surface area contributed by atoms with E-state index in [0.29, 0.717) is 24.4 Å². The molecule has 3 rings (SSSR count). The summed E-state index contributed by atoms with van der Waals surface area (Å²) in [5.74, 6) is 0.0410. The number of aryl methyl sites for hydroxylation is 1. The van der Waals surface area contributed by atoms with Gasteiger partial charge in [-0.3, -0.25) is 9.59 Å². The van der Waals surface area contributed by atoms with Gasteiger partial charge in [0.25, 0.3) is 0 Å². The van der Waals surface area contributed by atoms with Gasteiger partial charge in [0.1, 0.15) is 0 Å². The van der Waals surface area contributed by atoms with Gasteiger partial charge in [-0.15, -0.1) is 0 Å². The average molecular weight is 355 g/mol. The maximum Gasteiger partial charge on any atom is 0.248 e. The van der Waals surface area contributed by atoms with Gasteiger partial charge in [-0.1, -0.05) is 41.9 Å². The molecule has 1 aromatic heterocycles. The average Bonchev–Trinajstić information content (AvgIpc) is 2.60. The van der Waals surface area contributed by atoms with E-state index in [-0.39, 0.29) is 11.5 Å². The summed E-state index contributed by atoms with van der Waals surface area (Å²) in [7, 11) is 1.76. The van der Waals surface area contributed by atoms with Crippen molar-refractivity contribution in [1.29, 1.82) is 0 Å². The normalized spacial score (nSPS) is 10.8. The number of hydrogen-bond acceptors (Lipinski definition) is 2. The Morgan fingerprint density at radius 2 is 1.84 bits per heavy atom. The summed E-state index contributed by atoms with van der Waals surface area (Å²) in [4.78, 5) is 28.7. The number of H-pyrrole nitrogens is 1. The van der Waals surface area contributed by atoms with Crippen molar-refractivity contribution in [3.8, 4) is 0 Å². The Morgan fingerprint density at radius 1 is 1.12 bits per heavy atom. The molecular formula is C20H19ClN2O2. The molecule has 0 aliphatic carbocycles. The van der Waals surface area contributed by atoms with Crippen LogP contribution in [0.4, 0.5) is 0 Å². The number of benzene rings is 2. The molecule has 0 atom stereocenters. The van der Waals surface area contributed by atoms with Gasteiger partial charge >= 0.3 is 0 Å². The van der Waals surface area contributed by atoms with Crippen LogP contribution in [0.3, 0.4) is 0 Å². The minimum Gasteiger partial charge on any atom is -0.341 e. The minimum atomic E-state index is -0.157. The van der Waals surface area contributed by atoms with Crippen molar-refractivity contribution in [1.82, 2.24) is 9.88 Å². The first kappa shape index (κ1) is 17.2. The second-order valence-corrected chi connectivity index (χ2v) is 6.52. The zero-order valence-electron chi connectivity index (χ0n) is 14.0. The Kier molecular flexibility index (Phi) is 5.19. The van der Waals surface area contributed by atoms with Crippen LogP contribution in [0.25, 0.3) is 10.9 Å². The molecule has 0 fully saturated rings. The number of nitrogens with one attached hydrogen (secondary N) is 1. The number of carbonyl (C=O) groups excluding carboxylic acids is 1. The standard InChI is InChI=1S/C20H19ClN2O2/c1-23(20(25)11-8-14-6-9-16(21)10-7-14)13-15-12-19(24)22-18-5-3-2-4-17(15)18/h2-7,9-10,12H,8,11,13H2,1H3,(H,22,24). The summed E-state index contributed by atoms with van der Waals surface area (Å²) >= 11 is 5.87. The van der Waals surface area contributed by atoms with Gasteiger partial charge < -0.3 is 9.88 Å². The van der Waals surface area contributed by atoms with E-state index in [1.807, 2.05) is 48.5 Å². The van der Waals surface area contributed by atoms with Crippen molar-refractivity contribution in [2.24, 2.45) is 0 Å². The van der Waals surface area contributed by atoms with Crippen LogP contribution in [0.5, 0.6) is 0 Å². The highest BCUT2D eigenvalue weighted by molar-refractivity contribution is 6.30. The lowest BCUT2D eigenvalue weighted by Gasteiger charge is -2.18. The molecule has 0 spiro atoms. The van der Waals surface area contributed by atoms with Gasteiger partial charge in [-0.2, -0.15) is 0 Å². The molecule has 0 unspecified atom stereocenters. The topological polar surface area (TPSA) is 53.2 Å². The van der Waals surface area contributed by atoms with Crippen molar-refractivity contribution in [2.75, 3.05) is 7.05 Å². The van der Waals surface area contributed by atoms with Gasteiger partial charge in [-0.25, -0.2) is 0 Å². The second kappa shape index (κ2) is 7.53. The Balaban J connectivity index is 1.69. The smallest absolute Gasteiger partial charge is 0.248 e. The van der Waals surface area contributed by atoms with Crippen LogP contribution < -0.4 is 5.56 Å². The number of aromatic amines is 1. The summed E-state index contributed by atoms with van der Waals surface area (Å²) < 4.78 is 0. The van der Waals surface area contributed by atoms with Crippen LogP contribution in [-0.2, 0) is 17.8 Å². The maximum atomic E-state index is 12.4. The third kappa shape index (κ3) is 4.28. The molecule has 0 aliphatic heterocycles. The lowest BCUT2D eigenvalue weighted by molar-refractivity contribution is -0.130. The van der Waals surface area contributed by atoms with Crippen molar-refractivity contribution in [3.63, 3.8) is 0 Å². The highest BCUT2D eigenvalue weighted by Crippen LogP contribution is 2.17. The van der Waals surface area contributed by atoms with Gasteiger partial charge in [-0.05, 0) is 35.7 Å². The van der Waals surface area contributed by atoms with Crippen molar-refractivity contribution in [3.05, 3.63) is 81.1 Å². The predicted molar refractivity (Wildman–Crippen MR) is 101 cm³/mol. The van der Waals surface area contributed by atoms with E-state index in [1.54, 1.807) is 18.0 Å². The van der Waals surface area contributed by atoms with E-state index in [9.17, 15) is 9.59 Å². The Morgan fingerprint density at radius 3 is 2.60 bits per heavy atom. The van der Waals surface area contributed by atoms with E-state index >= 15 is 0 Å². The number of hydrogen-bond donors (Lipinski definition) is 1. The molecule has 0 aliphatic rings. The number of fused-ring (bicyclic) bond motifs is 1. The Hall–Kier alpha value is -2.59. The molecule has 2 aromatic carbocycles. The van der Waals surface area contributed by atoms with Gasteiger partial charge in [0.15, 0.2) is 0 Å². The number of aromatic nitrogens is 1. The SMILES string of the molecule is CN(Cc1cc(=O)[nH]c2ccccc12)C(=O)CCc1ccc(Cl)cc1. The number of amides is 1. The molecule has 128 valence electrons. The van der Waals surface area contributed by atoms with Crippen LogP contribution in [0, 0.1) is 0 Å². The number of halogens is 1. The van der Waals surface area contributed by atoms with Crippen LogP contribution in [0.2, 0.25) is 5.02 Å². The number of para-hydroxylation sites is 1. The molecule has 0 radical (unpaired) electrons. The maximum absolute atomic E-state index is 12.4. The molecule has 0 saturated heterocycles. The second-order valence-electron chi connectivity index (χ2n) is 6.08. The summed E-state index contributed by atoms with van der Waals surface area (Å²) in [6.45, 7) is 0.407. The van der Waals surface area contributed by atoms with E-state index < -0.39 is 0 Å². The monoisotopic (exact) mass is 354 g/mol. The van der Waals surface area contributed by atoms with Crippen LogP contribution in [0.15, 0.2) is 59.4 Å². The lowest BCUT2D eigenvalue weighted by atomic mass is 10.1. The lowest BCUT2D eigenvalue weighted by Crippen LogP contribution is -2.27. The first-order chi connectivity index (χ1) is 12.0. The summed E-state index contributed by atoms with van der Waals surface area (Å²) in [6.07, 6.45) is 1.08.